The molecule has 0 fully saturated rings. The number of guanidine groups is 1. The summed E-state index contributed by atoms with van der Waals surface area (Å²) in [5.41, 5.74) is 0. The monoisotopic (exact) mass is 310 g/mol. The van der Waals surface area contributed by atoms with Crippen LogP contribution in [0.25, 0.3) is 0 Å². The molecule has 0 aromatic carbocycles. The van der Waals surface area contributed by atoms with E-state index in [4.69, 9.17) is 0 Å². The molecule has 0 saturated carbocycles. The summed E-state index contributed by atoms with van der Waals surface area (Å²) in [7, 11) is 1.81. The van der Waals surface area contributed by atoms with Gasteiger partial charge in [-0.3, -0.25) is 4.99 Å². The molecule has 0 aliphatic rings. The Balaban J connectivity index is 2.31. The van der Waals surface area contributed by atoms with E-state index in [-0.39, 0.29) is 0 Å². The minimum atomic E-state index is 0.442. The molecule has 5 heteroatoms. The van der Waals surface area contributed by atoms with E-state index in [0.717, 1.165) is 29.9 Å². The molecule has 0 spiro atoms. The smallest absolute Gasteiger partial charge is 0.191 e. The minimum absolute atomic E-state index is 0.442. The first-order chi connectivity index (χ1) is 10.0. The van der Waals surface area contributed by atoms with Crippen molar-refractivity contribution in [3.8, 4) is 0 Å². The fourth-order valence-electron chi connectivity index (χ4n) is 2.09. The molecule has 120 valence electrons. The summed E-state index contributed by atoms with van der Waals surface area (Å²) in [6, 6.07) is 0.442. The third-order valence-electron chi connectivity index (χ3n) is 3.38. The second-order valence-corrected chi connectivity index (χ2v) is 7.07. The molecule has 1 rings (SSSR count). The SMILES string of the molecule is CCc1cnc(CNC(=NC)NC(C)CCCC(C)C)s1. The number of hydrogen-bond donors (Lipinski definition) is 2. The summed E-state index contributed by atoms with van der Waals surface area (Å²) in [4.78, 5) is 10.0. The predicted molar refractivity (Wildman–Crippen MR) is 93.0 cm³/mol. The summed E-state index contributed by atoms with van der Waals surface area (Å²) in [5.74, 6) is 1.65. The highest BCUT2D eigenvalue weighted by atomic mass is 32.1. The lowest BCUT2D eigenvalue weighted by Gasteiger charge is -2.17. The first-order valence-electron chi connectivity index (χ1n) is 7.95. The molecule has 0 radical (unpaired) electrons. The summed E-state index contributed by atoms with van der Waals surface area (Å²) in [6.45, 7) is 9.66. The van der Waals surface area contributed by atoms with Gasteiger partial charge in [-0.2, -0.15) is 0 Å². The van der Waals surface area contributed by atoms with E-state index in [1.54, 1.807) is 11.3 Å². The predicted octanol–water partition coefficient (Wildman–Crippen LogP) is 3.59. The zero-order valence-corrected chi connectivity index (χ0v) is 14.9. The molecular weight excluding hydrogens is 280 g/mol. The van der Waals surface area contributed by atoms with Crippen LogP contribution in [-0.4, -0.2) is 24.0 Å². The second-order valence-electron chi connectivity index (χ2n) is 5.87. The van der Waals surface area contributed by atoms with E-state index >= 15 is 0 Å². The molecule has 1 atom stereocenters. The Hall–Kier alpha value is -1.10. The Labute approximate surface area is 133 Å². The number of thiazole rings is 1. The van der Waals surface area contributed by atoms with E-state index < -0.39 is 0 Å². The molecule has 0 bridgehead atoms. The number of nitrogens with zero attached hydrogens (tertiary/aromatic N) is 2. The molecule has 1 heterocycles. The third-order valence-corrected chi connectivity index (χ3v) is 4.52. The van der Waals surface area contributed by atoms with Gasteiger partial charge in [-0.05, 0) is 25.7 Å². The average molecular weight is 311 g/mol. The van der Waals surface area contributed by atoms with Crippen molar-refractivity contribution in [1.29, 1.82) is 0 Å². The van der Waals surface area contributed by atoms with Crippen LogP contribution in [0.2, 0.25) is 0 Å². The molecule has 1 unspecified atom stereocenters. The van der Waals surface area contributed by atoms with Crippen LogP contribution in [0.4, 0.5) is 0 Å². The number of nitrogens with one attached hydrogen (secondary N) is 2. The minimum Gasteiger partial charge on any atom is -0.354 e. The van der Waals surface area contributed by atoms with E-state index in [0.29, 0.717) is 6.04 Å². The van der Waals surface area contributed by atoms with Crippen LogP contribution in [0.1, 0.15) is 56.8 Å². The zero-order chi connectivity index (χ0) is 15.7. The molecule has 2 N–H and O–H groups in total. The van der Waals surface area contributed by atoms with Gasteiger partial charge in [0.25, 0.3) is 0 Å². The van der Waals surface area contributed by atoms with Crippen molar-refractivity contribution < 1.29 is 0 Å². The molecular formula is C16H30N4S. The van der Waals surface area contributed by atoms with Gasteiger partial charge in [0, 0.05) is 24.2 Å². The Morgan fingerprint density at radius 3 is 2.67 bits per heavy atom. The number of aromatic nitrogens is 1. The van der Waals surface area contributed by atoms with Crippen molar-refractivity contribution >= 4 is 17.3 Å². The number of aryl methyl sites for hydroxylation is 1. The third kappa shape index (κ3) is 7.46. The molecule has 4 nitrogen and oxygen atoms in total. The van der Waals surface area contributed by atoms with Gasteiger partial charge in [-0.1, -0.05) is 33.6 Å². The molecule has 21 heavy (non-hydrogen) atoms. The summed E-state index contributed by atoms with van der Waals surface area (Å²) < 4.78 is 0. The highest BCUT2D eigenvalue weighted by molar-refractivity contribution is 7.11. The molecule has 1 aromatic rings. The van der Waals surface area contributed by atoms with Crippen molar-refractivity contribution in [3.05, 3.63) is 16.1 Å². The van der Waals surface area contributed by atoms with E-state index in [2.05, 4.69) is 48.3 Å². The van der Waals surface area contributed by atoms with Crippen LogP contribution >= 0.6 is 11.3 Å². The average Bonchev–Trinajstić information content (AvgIpc) is 2.91. The molecule has 0 amide bonds. The second kappa shape index (κ2) is 9.77. The highest BCUT2D eigenvalue weighted by Crippen LogP contribution is 2.12. The van der Waals surface area contributed by atoms with E-state index in [9.17, 15) is 0 Å². The molecule has 0 saturated heterocycles. The van der Waals surface area contributed by atoms with Gasteiger partial charge >= 0.3 is 0 Å². The van der Waals surface area contributed by atoms with Gasteiger partial charge < -0.3 is 10.6 Å². The van der Waals surface area contributed by atoms with Gasteiger partial charge in [0.15, 0.2) is 5.96 Å². The van der Waals surface area contributed by atoms with Crippen molar-refractivity contribution in [2.75, 3.05) is 7.05 Å². The van der Waals surface area contributed by atoms with Crippen LogP contribution < -0.4 is 10.6 Å². The van der Waals surface area contributed by atoms with Gasteiger partial charge in [0.05, 0.1) is 6.54 Å². The summed E-state index contributed by atoms with van der Waals surface area (Å²) in [5, 5.41) is 7.90. The van der Waals surface area contributed by atoms with Crippen LogP contribution in [-0.2, 0) is 13.0 Å². The van der Waals surface area contributed by atoms with Crippen molar-refractivity contribution in [2.45, 2.75) is 66.0 Å². The first-order valence-corrected chi connectivity index (χ1v) is 8.77. The summed E-state index contributed by atoms with van der Waals surface area (Å²) in [6.07, 6.45) is 6.74. The Kier molecular flexibility index (Phi) is 8.35. The van der Waals surface area contributed by atoms with Crippen molar-refractivity contribution in [2.24, 2.45) is 10.9 Å². The van der Waals surface area contributed by atoms with Crippen LogP contribution in [0, 0.1) is 5.92 Å². The number of aliphatic imine (C=N–C) groups is 1. The Bertz CT molecular complexity index is 426. The largest absolute Gasteiger partial charge is 0.354 e. The maximum atomic E-state index is 4.41. The van der Waals surface area contributed by atoms with Crippen LogP contribution in [0.3, 0.4) is 0 Å². The topological polar surface area (TPSA) is 49.3 Å². The lowest BCUT2D eigenvalue weighted by molar-refractivity contribution is 0.491. The Morgan fingerprint density at radius 2 is 2.10 bits per heavy atom. The fourth-order valence-corrected chi connectivity index (χ4v) is 2.89. The molecule has 0 aliphatic heterocycles. The maximum absolute atomic E-state index is 4.41. The summed E-state index contributed by atoms with van der Waals surface area (Å²) >= 11 is 1.76. The zero-order valence-electron chi connectivity index (χ0n) is 14.1. The van der Waals surface area contributed by atoms with Gasteiger partial charge in [-0.15, -0.1) is 11.3 Å². The Morgan fingerprint density at radius 1 is 1.33 bits per heavy atom. The van der Waals surface area contributed by atoms with Crippen LogP contribution in [0.5, 0.6) is 0 Å². The fraction of sp³-hybridized carbons (Fsp3) is 0.750. The van der Waals surface area contributed by atoms with Crippen molar-refractivity contribution in [3.63, 3.8) is 0 Å². The van der Waals surface area contributed by atoms with E-state index in [1.165, 1.54) is 24.1 Å². The normalized spacial score (nSPS) is 13.5. The molecule has 1 aromatic heterocycles. The molecule has 0 aliphatic carbocycles. The number of rotatable bonds is 8. The first kappa shape index (κ1) is 18.0. The van der Waals surface area contributed by atoms with Crippen LogP contribution in [0.15, 0.2) is 11.2 Å². The quantitative estimate of drug-likeness (QED) is 0.570. The standard InChI is InChI=1S/C16H30N4S/c1-6-14-10-18-15(21-14)11-19-16(17-5)20-13(4)9-7-8-12(2)3/h10,12-13H,6-9,11H2,1-5H3,(H2,17,19,20). The van der Waals surface area contributed by atoms with Gasteiger partial charge in [-0.25, -0.2) is 4.98 Å². The highest BCUT2D eigenvalue weighted by Gasteiger charge is 2.07. The lowest BCUT2D eigenvalue weighted by atomic mass is 10.0. The number of hydrogen-bond acceptors (Lipinski definition) is 3. The van der Waals surface area contributed by atoms with E-state index in [1.807, 2.05) is 13.2 Å². The van der Waals surface area contributed by atoms with Gasteiger partial charge in [0.2, 0.25) is 0 Å². The van der Waals surface area contributed by atoms with Gasteiger partial charge in [0.1, 0.15) is 5.01 Å². The lowest BCUT2D eigenvalue weighted by Crippen LogP contribution is -2.41. The van der Waals surface area contributed by atoms with Crippen molar-refractivity contribution in [1.82, 2.24) is 15.6 Å². The maximum Gasteiger partial charge on any atom is 0.191 e.